The van der Waals surface area contributed by atoms with Gasteiger partial charge in [-0.2, -0.15) is 0 Å². The summed E-state index contributed by atoms with van der Waals surface area (Å²) in [4.78, 5) is 17.6. The molecule has 0 aromatic heterocycles. The van der Waals surface area contributed by atoms with E-state index in [2.05, 4.69) is 9.80 Å². The summed E-state index contributed by atoms with van der Waals surface area (Å²) in [5, 5.41) is 0.569. The molecule has 3 nitrogen and oxygen atoms in total. The summed E-state index contributed by atoms with van der Waals surface area (Å²) in [5.74, 6) is 0.112. The van der Waals surface area contributed by atoms with Crippen molar-refractivity contribution in [2.75, 3.05) is 26.2 Å². The van der Waals surface area contributed by atoms with Gasteiger partial charge in [0, 0.05) is 19.1 Å². The summed E-state index contributed by atoms with van der Waals surface area (Å²) < 4.78 is 0. The van der Waals surface area contributed by atoms with Gasteiger partial charge in [-0.15, -0.1) is 0 Å². The fourth-order valence-electron chi connectivity index (χ4n) is 4.05. The van der Waals surface area contributed by atoms with Gasteiger partial charge in [0.25, 0.3) is 5.91 Å². The van der Waals surface area contributed by atoms with E-state index in [1.807, 2.05) is 24.3 Å². The Labute approximate surface area is 151 Å². The lowest BCUT2D eigenvalue weighted by molar-refractivity contribution is 0.0584. The van der Waals surface area contributed by atoms with Gasteiger partial charge < -0.3 is 9.80 Å². The summed E-state index contributed by atoms with van der Waals surface area (Å²) in [6.45, 7) is 4.45. The molecule has 132 valence electrons. The van der Waals surface area contributed by atoms with Gasteiger partial charge in [0.05, 0.1) is 10.6 Å². The Bertz CT molecular complexity index is 540. The van der Waals surface area contributed by atoms with Gasteiger partial charge in [0.2, 0.25) is 0 Å². The first-order chi connectivity index (χ1) is 11.8. The molecule has 2 heterocycles. The van der Waals surface area contributed by atoms with Gasteiger partial charge >= 0.3 is 0 Å². The van der Waals surface area contributed by atoms with Crippen LogP contribution in [-0.4, -0.2) is 47.9 Å². The molecule has 0 N–H and O–H groups in total. The average molecular weight is 349 g/mol. The van der Waals surface area contributed by atoms with Crippen LogP contribution in [0.4, 0.5) is 0 Å². The molecule has 2 fully saturated rings. The standard InChI is InChI=1S/C20H29ClN2O/c21-19-11-4-3-10-18(19)20(24)23-15-8-5-9-17(23)12-16-22-13-6-1-2-7-14-22/h3-4,10-11,17H,1-2,5-9,12-16H2/t17-/m0/s1. The van der Waals surface area contributed by atoms with E-state index in [1.165, 1.54) is 45.2 Å². The highest BCUT2D eigenvalue weighted by Crippen LogP contribution is 2.25. The zero-order valence-corrected chi connectivity index (χ0v) is 15.3. The first-order valence-corrected chi connectivity index (χ1v) is 9.91. The van der Waals surface area contributed by atoms with E-state index in [0.29, 0.717) is 16.6 Å². The molecule has 1 atom stereocenters. The molecular formula is C20H29ClN2O. The van der Waals surface area contributed by atoms with Crippen LogP contribution in [0.15, 0.2) is 24.3 Å². The molecule has 1 amide bonds. The fraction of sp³-hybridized carbons (Fsp3) is 0.650. The van der Waals surface area contributed by atoms with Crippen molar-refractivity contribution in [1.82, 2.24) is 9.80 Å². The quantitative estimate of drug-likeness (QED) is 0.793. The van der Waals surface area contributed by atoms with Crippen LogP contribution in [0.1, 0.15) is 61.7 Å². The number of hydrogen-bond acceptors (Lipinski definition) is 2. The van der Waals surface area contributed by atoms with Crippen LogP contribution in [0.5, 0.6) is 0 Å². The molecule has 0 bridgehead atoms. The Kier molecular flexibility index (Phi) is 6.56. The van der Waals surface area contributed by atoms with E-state index >= 15 is 0 Å². The van der Waals surface area contributed by atoms with Gasteiger partial charge in [-0.3, -0.25) is 4.79 Å². The van der Waals surface area contributed by atoms with Gasteiger partial charge in [-0.05, 0) is 63.7 Å². The highest BCUT2D eigenvalue weighted by Gasteiger charge is 2.28. The number of nitrogens with zero attached hydrogens (tertiary/aromatic N) is 2. The van der Waals surface area contributed by atoms with E-state index < -0.39 is 0 Å². The van der Waals surface area contributed by atoms with Crippen LogP contribution in [0.2, 0.25) is 5.02 Å². The Balaban J connectivity index is 1.62. The third-order valence-electron chi connectivity index (χ3n) is 5.47. The van der Waals surface area contributed by atoms with Crippen LogP contribution in [0.3, 0.4) is 0 Å². The number of carbonyl (C=O) groups excluding carboxylic acids is 1. The third-order valence-corrected chi connectivity index (χ3v) is 5.80. The SMILES string of the molecule is O=C(c1ccccc1Cl)N1CCCC[C@H]1CCN1CCCCCC1. The minimum absolute atomic E-state index is 0.112. The lowest BCUT2D eigenvalue weighted by Gasteiger charge is -2.37. The molecule has 1 aromatic carbocycles. The fourth-order valence-corrected chi connectivity index (χ4v) is 4.27. The second kappa shape index (κ2) is 8.87. The Hall–Kier alpha value is -1.06. The van der Waals surface area contributed by atoms with Crippen LogP contribution < -0.4 is 0 Å². The maximum absolute atomic E-state index is 13.0. The summed E-state index contributed by atoms with van der Waals surface area (Å²) in [6, 6.07) is 7.81. The zero-order valence-electron chi connectivity index (χ0n) is 14.6. The number of carbonyl (C=O) groups is 1. The van der Waals surface area contributed by atoms with Gasteiger partial charge in [0.1, 0.15) is 0 Å². The predicted octanol–water partition coefficient (Wildman–Crippen LogP) is 4.60. The maximum Gasteiger partial charge on any atom is 0.255 e. The number of halogens is 1. The molecule has 0 radical (unpaired) electrons. The molecule has 0 unspecified atom stereocenters. The molecule has 0 saturated carbocycles. The van der Waals surface area contributed by atoms with Crippen LogP contribution >= 0.6 is 11.6 Å². The van der Waals surface area contributed by atoms with E-state index in [4.69, 9.17) is 11.6 Å². The Morgan fingerprint density at radius 1 is 1.00 bits per heavy atom. The molecule has 2 aliphatic rings. The van der Waals surface area contributed by atoms with Gasteiger partial charge in [-0.25, -0.2) is 0 Å². The lowest BCUT2D eigenvalue weighted by Crippen LogP contribution is -2.45. The lowest BCUT2D eigenvalue weighted by atomic mass is 9.97. The van der Waals surface area contributed by atoms with Crippen LogP contribution in [0, 0.1) is 0 Å². The molecular weight excluding hydrogens is 320 g/mol. The normalized spacial score (nSPS) is 23.0. The minimum Gasteiger partial charge on any atom is -0.336 e. The summed E-state index contributed by atoms with van der Waals surface area (Å²) in [5.41, 5.74) is 0.654. The number of piperidine rings is 1. The summed E-state index contributed by atoms with van der Waals surface area (Å²) in [7, 11) is 0. The predicted molar refractivity (Wildman–Crippen MR) is 99.7 cm³/mol. The van der Waals surface area contributed by atoms with Gasteiger partial charge in [-0.1, -0.05) is 36.6 Å². The average Bonchev–Trinajstić information content (AvgIpc) is 2.89. The second-order valence-corrected chi connectivity index (χ2v) is 7.58. The topological polar surface area (TPSA) is 23.6 Å². The highest BCUT2D eigenvalue weighted by molar-refractivity contribution is 6.33. The Morgan fingerprint density at radius 2 is 1.71 bits per heavy atom. The minimum atomic E-state index is 0.112. The first-order valence-electron chi connectivity index (χ1n) is 9.53. The van der Waals surface area contributed by atoms with Crippen molar-refractivity contribution in [3.63, 3.8) is 0 Å². The Morgan fingerprint density at radius 3 is 2.46 bits per heavy atom. The second-order valence-electron chi connectivity index (χ2n) is 7.17. The molecule has 2 aliphatic heterocycles. The number of hydrogen-bond donors (Lipinski definition) is 0. The molecule has 0 aliphatic carbocycles. The molecule has 1 aromatic rings. The van der Waals surface area contributed by atoms with Crippen molar-refractivity contribution in [2.24, 2.45) is 0 Å². The molecule has 3 rings (SSSR count). The van der Waals surface area contributed by atoms with E-state index in [-0.39, 0.29) is 5.91 Å². The van der Waals surface area contributed by atoms with Crippen molar-refractivity contribution in [3.8, 4) is 0 Å². The van der Waals surface area contributed by atoms with Crippen LogP contribution in [0.25, 0.3) is 0 Å². The zero-order chi connectivity index (χ0) is 16.8. The van der Waals surface area contributed by atoms with Crippen molar-refractivity contribution in [2.45, 2.75) is 57.4 Å². The van der Waals surface area contributed by atoms with Crippen molar-refractivity contribution < 1.29 is 4.79 Å². The molecule has 4 heteroatoms. The monoisotopic (exact) mass is 348 g/mol. The molecule has 2 saturated heterocycles. The number of benzene rings is 1. The van der Waals surface area contributed by atoms with Crippen molar-refractivity contribution in [3.05, 3.63) is 34.9 Å². The maximum atomic E-state index is 13.0. The smallest absolute Gasteiger partial charge is 0.255 e. The highest BCUT2D eigenvalue weighted by atomic mass is 35.5. The third kappa shape index (κ3) is 4.52. The molecule has 24 heavy (non-hydrogen) atoms. The first kappa shape index (κ1) is 17.8. The largest absolute Gasteiger partial charge is 0.336 e. The molecule has 0 spiro atoms. The van der Waals surface area contributed by atoms with Gasteiger partial charge in [0.15, 0.2) is 0 Å². The van der Waals surface area contributed by atoms with Crippen molar-refractivity contribution >= 4 is 17.5 Å². The number of amides is 1. The number of likely N-dealkylation sites (tertiary alicyclic amines) is 2. The number of rotatable bonds is 4. The van der Waals surface area contributed by atoms with E-state index in [1.54, 1.807) is 0 Å². The van der Waals surface area contributed by atoms with Crippen LogP contribution in [-0.2, 0) is 0 Å². The van der Waals surface area contributed by atoms with E-state index in [9.17, 15) is 4.79 Å². The summed E-state index contributed by atoms with van der Waals surface area (Å²) in [6.07, 6.45) is 9.96. The van der Waals surface area contributed by atoms with E-state index in [0.717, 1.165) is 32.4 Å². The van der Waals surface area contributed by atoms with Crippen molar-refractivity contribution in [1.29, 1.82) is 0 Å². The summed E-state index contributed by atoms with van der Waals surface area (Å²) >= 11 is 6.25.